The van der Waals surface area contributed by atoms with Gasteiger partial charge in [0.2, 0.25) is 0 Å². The molecule has 0 atom stereocenters. The molecule has 1 fully saturated rings. The number of anilines is 2. The van der Waals surface area contributed by atoms with Gasteiger partial charge in [0.1, 0.15) is 5.75 Å². The number of piperidine rings is 1. The zero-order valence-electron chi connectivity index (χ0n) is 16.6. The van der Waals surface area contributed by atoms with Crippen LogP contribution in [0.2, 0.25) is 0 Å². The molecule has 152 valence electrons. The second-order valence-electron chi connectivity index (χ2n) is 7.16. The van der Waals surface area contributed by atoms with Crippen molar-refractivity contribution in [1.29, 1.82) is 0 Å². The van der Waals surface area contributed by atoms with E-state index in [1.807, 2.05) is 37.3 Å². The van der Waals surface area contributed by atoms with Gasteiger partial charge in [-0.3, -0.25) is 0 Å². The van der Waals surface area contributed by atoms with E-state index in [1.165, 1.54) is 4.70 Å². The van der Waals surface area contributed by atoms with Crippen LogP contribution in [0.4, 0.5) is 15.6 Å². The summed E-state index contributed by atoms with van der Waals surface area (Å²) in [5, 5.41) is 7.00. The smallest absolute Gasteiger partial charge is 0.319 e. The van der Waals surface area contributed by atoms with E-state index in [0.29, 0.717) is 30.5 Å². The monoisotopic (exact) mass is 410 g/mol. The summed E-state index contributed by atoms with van der Waals surface area (Å²) in [5.74, 6) is 1.17. The maximum atomic E-state index is 12.3. The van der Waals surface area contributed by atoms with Crippen LogP contribution in [0.5, 0.6) is 5.75 Å². The summed E-state index contributed by atoms with van der Waals surface area (Å²) in [6.07, 6.45) is 2.09. The van der Waals surface area contributed by atoms with E-state index >= 15 is 0 Å². The number of fused-ring (bicyclic) bond motifs is 1. The first-order chi connectivity index (χ1) is 14.2. The van der Waals surface area contributed by atoms with Gasteiger partial charge in [0.25, 0.3) is 0 Å². The Labute approximate surface area is 174 Å². The molecular formula is C22H26N4O2S. The molecule has 0 bridgehead atoms. The highest BCUT2D eigenvalue weighted by Crippen LogP contribution is 2.31. The third-order valence-electron chi connectivity index (χ3n) is 5.15. The van der Waals surface area contributed by atoms with Crippen LogP contribution in [0.25, 0.3) is 10.2 Å². The first-order valence-electron chi connectivity index (χ1n) is 10.1. The van der Waals surface area contributed by atoms with E-state index in [-0.39, 0.29) is 6.03 Å². The highest BCUT2D eigenvalue weighted by molar-refractivity contribution is 7.22. The van der Waals surface area contributed by atoms with E-state index < -0.39 is 0 Å². The van der Waals surface area contributed by atoms with Crippen molar-refractivity contribution in [1.82, 2.24) is 10.3 Å². The molecule has 2 heterocycles. The standard InChI is InChI=1S/C22H26N4O2S/c1-2-28-19-9-5-3-7-17(19)24-21(27)23-15-16-11-13-26(14-12-16)22-25-18-8-4-6-10-20(18)29-22/h3-10,16H,2,11-15H2,1H3,(H2,23,24,27). The lowest BCUT2D eigenvalue weighted by Gasteiger charge is -2.31. The number of para-hydroxylation sites is 3. The lowest BCUT2D eigenvalue weighted by molar-refractivity contribution is 0.248. The van der Waals surface area contributed by atoms with Gasteiger partial charge in [0.15, 0.2) is 5.13 Å². The molecule has 6 nitrogen and oxygen atoms in total. The Balaban J connectivity index is 1.25. The van der Waals surface area contributed by atoms with E-state index in [9.17, 15) is 4.79 Å². The van der Waals surface area contributed by atoms with Gasteiger partial charge in [-0.25, -0.2) is 9.78 Å². The average Bonchev–Trinajstić information content (AvgIpc) is 3.18. The molecule has 0 spiro atoms. The largest absolute Gasteiger partial charge is 0.492 e. The highest BCUT2D eigenvalue weighted by Gasteiger charge is 2.22. The molecule has 4 rings (SSSR count). The van der Waals surface area contributed by atoms with Gasteiger partial charge in [0.05, 0.1) is 22.5 Å². The number of benzene rings is 2. The van der Waals surface area contributed by atoms with Crippen LogP contribution in [0.15, 0.2) is 48.5 Å². The molecule has 2 aromatic carbocycles. The molecule has 29 heavy (non-hydrogen) atoms. The third-order valence-corrected chi connectivity index (χ3v) is 6.25. The number of aromatic nitrogens is 1. The molecule has 2 N–H and O–H groups in total. The fourth-order valence-electron chi connectivity index (χ4n) is 3.58. The van der Waals surface area contributed by atoms with E-state index in [0.717, 1.165) is 36.6 Å². The topological polar surface area (TPSA) is 66.5 Å². The minimum absolute atomic E-state index is 0.189. The van der Waals surface area contributed by atoms with Gasteiger partial charge in [0, 0.05) is 19.6 Å². The first-order valence-corrected chi connectivity index (χ1v) is 10.9. The van der Waals surface area contributed by atoms with Gasteiger partial charge in [-0.15, -0.1) is 0 Å². The number of hydrogen-bond donors (Lipinski definition) is 2. The first kappa shape index (κ1) is 19.5. The SMILES string of the molecule is CCOc1ccccc1NC(=O)NCC1CCN(c2nc3ccccc3s2)CC1. The van der Waals surface area contributed by atoms with Crippen LogP contribution >= 0.6 is 11.3 Å². The molecule has 0 unspecified atom stereocenters. The molecular weight excluding hydrogens is 384 g/mol. The quantitative estimate of drug-likeness (QED) is 0.616. The molecule has 1 aromatic heterocycles. The van der Waals surface area contributed by atoms with Gasteiger partial charge in [-0.2, -0.15) is 0 Å². The number of amides is 2. The Hall–Kier alpha value is -2.80. The molecule has 0 aliphatic carbocycles. The van der Waals surface area contributed by atoms with Crippen molar-refractivity contribution in [3.8, 4) is 5.75 Å². The molecule has 1 aliphatic heterocycles. The molecule has 2 amide bonds. The normalized spacial score (nSPS) is 14.7. The number of thiazole rings is 1. The number of rotatable bonds is 6. The summed E-state index contributed by atoms with van der Waals surface area (Å²) in [7, 11) is 0. The minimum Gasteiger partial charge on any atom is -0.492 e. The number of nitrogens with one attached hydrogen (secondary N) is 2. The number of nitrogens with zero attached hydrogens (tertiary/aromatic N) is 2. The zero-order chi connectivity index (χ0) is 20.1. The number of carbonyl (C=O) groups is 1. The van der Waals surface area contributed by atoms with Crippen molar-refractivity contribution < 1.29 is 9.53 Å². The van der Waals surface area contributed by atoms with E-state index in [2.05, 4.69) is 33.7 Å². The second-order valence-corrected chi connectivity index (χ2v) is 8.17. The van der Waals surface area contributed by atoms with Crippen molar-refractivity contribution in [2.24, 2.45) is 5.92 Å². The summed E-state index contributed by atoms with van der Waals surface area (Å²) in [4.78, 5) is 19.4. The highest BCUT2D eigenvalue weighted by atomic mass is 32.1. The lowest BCUT2D eigenvalue weighted by Crippen LogP contribution is -2.39. The second kappa shape index (κ2) is 9.13. The maximum absolute atomic E-state index is 12.3. The van der Waals surface area contributed by atoms with Crippen LogP contribution in [0.1, 0.15) is 19.8 Å². The van der Waals surface area contributed by atoms with Crippen molar-refractivity contribution >= 4 is 38.4 Å². The fourth-order valence-corrected chi connectivity index (χ4v) is 4.60. The van der Waals surface area contributed by atoms with Crippen LogP contribution in [0, 0.1) is 5.92 Å². The zero-order valence-corrected chi connectivity index (χ0v) is 17.4. The lowest BCUT2D eigenvalue weighted by atomic mass is 9.97. The predicted molar refractivity (Wildman–Crippen MR) is 119 cm³/mol. The van der Waals surface area contributed by atoms with Crippen molar-refractivity contribution in [3.63, 3.8) is 0 Å². The fraction of sp³-hybridized carbons (Fsp3) is 0.364. The Morgan fingerprint density at radius 3 is 2.72 bits per heavy atom. The average molecular weight is 411 g/mol. The van der Waals surface area contributed by atoms with Crippen LogP contribution in [0.3, 0.4) is 0 Å². The third kappa shape index (κ3) is 4.79. The molecule has 1 saturated heterocycles. The van der Waals surface area contributed by atoms with Crippen molar-refractivity contribution in [2.75, 3.05) is 36.5 Å². The summed E-state index contributed by atoms with van der Waals surface area (Å²) in [5.41, 5.74) is 1.76. The molecule has 0 radical (unpaired) electrons. The van der Waals surface area contributed by atoms with Gasteiger partial charge in [-0.1, -0.05) is 35.6 Å². The molecule has 0 saturated carbocycles. The van der Waals surface area contributed by atoms with Crippen molar-refractivity contribution in [3.05, 3.63) is 48.5 Å². The number of hydrogen-bond acceptors (Lipinski definition) is 5. The van der Waals surface area contributed by atoms with E-state index in [4.69, 9.17) is 9.72 Å². The van der Waals surface area contributed by atoms with Gasteiger partial charge in [-0.05, 0) is 49.9 Å². The van der Waals surface area contributed by atoms with Gasteiger partial charge < -0.3 is 20.3 Å². The van der Waals surface area contributed by atoms with E-state index in [1.54, 1.807) is 11.3 Å². The Kier molecular flexibility index (Phi) is 6.14. The van der Waals surface area contributed by atoms with Gasteiger partial charge >= 0.3 is 6.03 Å². The summed E-state index contributed by atoms with van der Waals surface area (Å²) < 4.78 is 6.79. The molecule has 1 aliphatic rings. The Morgan fingerprint density at radius 1 is 1.17 bits per heavy atom. The molecule has 3 aromatic rings. The summed E-state index contributed by atoms with van der Waals surface area (Å²) in [6.45, 7) is 5.11. The van der Waals surface area contributed by atoms with Crippen molar-refractivity contribution in [2.45, 2.75) is 19.8 Å². The molecule has 7 heteroatoms. The van der Waals surface area contributed by atoms with Crippen LogP contribution < -0.4 is 20.3 Å². The minimum atomic E-state index is -0.189. The number of ether oxygens (including phenoxy) is 1. The number of urea groups is 1. The summed E-state index contributed by atoms with van der Waals surface area (Å²) in [6, 6.07) is 15.6. The summed E-state index contributed by atoms with van der Waals surface area (Å²) >= 11 is 1.75. The maximum Gasteiger partial charge on any atom is 0.319 e. The Morgan fingerprint density at radius 2 is 1.93 bits per heavy atom. The van der Waals surface area contributed by atoms with Crippen LogP contribution in [-0.2, 0) is 0 Å². The number of carbonyl (C=O) groups excluding carboxylic acids is 1. The predicted octanol–water partition coefficient (Wildman–Crippen LogP) is 4.73. The van der Waals surface area contributed by atoms with Crippen LogP contribution in [-0.4, -0.2) is 37.3 Å². The Bertz CT molecular complexity index is 933.